The summed E-state index contributed by atoms with van der Waals surface area (Å²) < 4.78 is 27.6. The van der Waals surface area contributed by atoms with Crippen LogP contribution in [-0.4, -0.2) is 18.5 Å². The molecule has 110 valence electrons. The number of nitrogens with one attached hydrogen (secondary N) is 1. The maximum Gasteiger partial charge on any atom is 0.257 e. The number of halogens is 2. The highest BCUT2D eigenvalue weighted by molar-refractivity contribution is 5.95. The molecule has 2 unspecified atom stereocenters. The average Bonchev–Trinajstić information content (AvgIpc) is 2.44. The van der Waals surface area contributed by atoms with Crippen LogP contribution in [0.5, 0.6) is 0 Å². The van der Waals surface area contributed by atoms with Gasteiger partial charge in [-0.25, -0.2) is 8.78 Å². The van der Waals surface area contributed by atoms with Crippen molar-refractivity contribution in [3.05, 3.63) is 34.9 Å². The van der Waals surface area contributed by atoms with Gasteiger partial charge < -0.3 is 11.1 Å². The van der Waals surface area contributed by atoms with Gasteiger partial charge in [-0.2, -0.15) is 0 Å². The Morgan fingerprint density at radius 2 is 2.05 bits per heavy atom. The van der Waals surface area contributed by atoms with Crippen LogP contribution in [0.15, 0.2) is 12.1 Å². The molecule has 0 spiro atoms. The largest absolute Gasteiger partial charge is 0.349 e. The van der Waals surface area contributed by atoms with Gasteiger partial charge in [-0.05, 0) is 43.9 Å². The topological polar surface area (TPSA) is 55.1 Å². The molecule has 0 heterocycles. The van der Waals surface area contributed by atoms with E-state index >= 15 is 0 Å². The number of nitrogens with two attached hydrogens (primary N) is 1. The third-order valence-electron chi connectivity index (χ3n) is 4.04. The van der Waals surface area contributed by atoms with Crippen LogP contribution >= 0.6 is 0 Å². The van der Waals surface area contributed by atoms with Crippen molar-refractivity contribution < 1.29 is 13.6 Å². The smallest absolute Gasteiger partial charge is 0.257 e. The first-order valence-electron chi connectivity index (χ1n) is 7.00. The van der Waals surface area contributed by atoms with Crippen molar-refractivity contribution in [2.45, 2.75) is 38.6 Å². The lowest BCUT2D eigenvalue weighted by atomic mass is 9.84. The van der Waals surface area contributed by atoms with E-state index < -0.39 is 23.1 Å². The zero-order chi connectivity index (χ0) is 14.7. The summed E-state index contributed by atoms with van der Waals surface area (Å²) in [6.07, 6.45) is 3.84. The number of amides is 1. The van der Waals surface area contributed by atoms with E-state index in [0.717, 1.165) is 31.7 Å². The molecule has 0 aliphatic heterocycles. The molecule has 1 aromatic rings. The Kier molecular flexibility index (Phi) is 4.70. The van der Waals surface area contributed by atoms with Gasteiger partial charge in [-0.3, -0.25) is 4.79 Å². The van der Waals surface area contributed by atoms with Crippen LogP contribution in [0, 0.1) is 24.5 Å². The van der Waals surface area contributed by atoms with Gasteiger partial charge in [0.15, 0.2) is 0 Å². The van der Waals surface area contributed by atoms with Gasteiger partial charge in [0.25, 0.3) is 5.91 Å². The summed E-state index contributed by atoms with van der Waals surface area (Å²) in [5.41, 5.74) is 5.46. The third kappa shape index (κ3) is 2.98. The van der Waals surface area contributed by atoms with Crippen molar-refractivity contribution in [1.82, 2.24) is 5.32 Å². The lowest BCUT2D eigenvalue weighted by Gasteiger charge is -2.31. The summed E-state index contributed by atoms with van der Waals surface area (Å²) >= 11 is 0. The van der Waals surface area contributed by atoms with E-state index in [4.69, 9.17) is 5.73 Å². The number of carbonyl (C=O) groups excluding carboxylic acids is 1. The van der Waals surface area contributed by atoms with Crippen molar-refractivity contribution >= 4 is 5.91 Å². The molecule has 1 amide bonds. The number of benzene rings is 1. The Bertz CT molecular complexity index is 505. The quantitative estimate of drug-likeness (QED) is 0.895. The Morgan fingerprint density at radius 3 is 2.75 bits per heavy atom. The van der Waals surface area contributed by atoms with Gasteiger partial charge in [0.2, 0.25) is 0 Å². The maximum atomic E-state index is 13.9. The first-order chi connectivity index (χ1) is 9.54. The summed E-state index contributed by atoms with van der Waals surface area (Å²) in [5, 5.41) is 2.75. The van der Waals surface area contributed by atoms with E-state index in [1.54, 1.807) is 0 Å². The number of hydrogen-bond acceptors (Lipinski definition) is 2. The zero-order valence-electron chi connectivity index (χ0n) is 11.6. The van der Waals surface area contributed by atoms with E-state index in [9.17, 15) is 13.6 Å². The highest BCUT2D eigenvalue weighted by Gasteiger charge is 2.28. The van der Waals surface area contributed by atoms with Gasteiger partial charge in [-0.1, -0.05) is 18.9 Å². The van der Waals surface area contributed by atoms with E-state index in [1.165, 1.54) is 13.0 Å². The van der Waals surface area contributed by atoms with Crippen molar-refractivity contribution in [3.63, 3.8) is 0 Å². The van der Waals surface area contributed by atoms with Crippen LogP contribution in [0.4, 0.5) is 8.78 Å². The van der Waals surface area contributed by atoms with Gasteiger partial charge in [0.1, 0.15) is 17.2 Å². The van der Waals surface area contributed by atoms with E-state index in [0.29, 0.717) is 6.54 Å². The number of carbonyl (C=O) groups is 1. The fourth-order valence-corrected chi connectivity index (χ4v) is 2.79. The van der Waals surface area contributed by atoms with Crippen molar-refractivity contribution in [2.24, 2.45) is 11.7 Å². The van der Waals surface area contributed by atoms with E-state index in [2.05, 4.69) is 5.32 Å². The molecular weight excluding hydrogens is 262 g/mol. The third-order valence-corrected chi connectivity index (χ3v) is 4.04. The minimum absolute atomic E-state index is 0.0967. The van der Waals surface area contributed by atoms with E-state index in [1.807, 2.05) is 0 Å². The van der Waals surface area contributed by atoms with Gasteiger partial charge >= 0.3 is 0 Å². The zero-order valence-corrected chi connectivity index (χ0v) is 11.6. The van der Waals surface area contributed by atoms with Crippen LogP contribution in [-0.2, 0) is 0 Å². The molecule has 3 N–H and O–H groups in total. The van der Waals surface area contributed by atoms with Crippen molar-refractivity contribution in [1.29, 1.82) is 0 Å². The second kappa shape index (κ2) is 6.31. The highest BCUT2D eigenvalue weighted by atomic mass is 19.1. The molecule has 2 rings (SSSR count). The molecule has 3 nitrogen and oxygen atoms in total. The van der Waals surface area contributed by atoms with Crippen LogP contribution in [0.1, 0.15) is 41.6 Å². The molecule has 5 heteroatoms. The first kappa shape index (κ1) is 14.9. The lowest BCUT2D eigenvalue weighted by molar-refractivity contribution is 0.0899. The van der Waals surface area contributed by atoms with Gasteiger partial charge in [-0.15, -0.1) is 0 Å². The number of hydrogen-bond donors (Lipinski definition) is 2. The summed E-state index contributed by atoms with van der Waals surface area (Å²) in [7, 11) is 0. The fraction of sp³-hybridized carbons (Fsp3) is 0.533. The number of rotatable bonds is 3. The second-order valence-corrected chi connectivity index (χ2v) is 5.41. The standard InChI is InChI=1S/C15H20F2N2O/c1-9-6-7-11(16)13(14(9)17)15(20)19-12-5-3-2-4-10(12)8-18/h6-7,10,12H,2-5,8,18H2,1H3,(H,19,20). The monoisotopic (exact) mass is 282 g/mol. The molecule has 1 aliphatic carbocycles. The summed E-state index contributed by atoms with van der Waals surface area (Å²) in [5.74, 6) is -2.12. The number of aryl methyl sites for hydroxylation is 1. The Morgan fingerprint density at radius 1 is 1.35 bits per heavy atom. The van der Waals surface area contributed by atoms with Crippen molar-refractivity contribution in [2.75, 3.05) is 6.54 Å². The normalized spacial score (nSPS) is 22.6. The highest BCUT2D eigenvalue weighted by Crippen LogP contribution is 2.24. The summed E-state index contributed by atoms with van der Waals surface area (Å²) in [6.45, 7) is 1.98. The van der Waals surface area contributed by atoms with Crippen LogP contribution < -0.4 is 11.1 Å². The molecular formula is C15H20F2N2O. The summed E-state index contributed by atoms with van der Waals surface area (Å²) in [6, 6.07) is 2.35. The van der Waals surface area contributed by atoms with Gasteiger partial charge in [0, 0.05) is 6.04 Å². The molecule has 1 saturated carbocycles. The van der Waals surface area contributed by atoms with Crippen LogP contribution in [0.3, 0.4) is 0 Å². The van der Waals surface area contributed by atoms with Crippen molar-refractivity contribution in [3.8, 4) is 0 Å². The molecule has 1 aliphatic rings. The molecule has 1 aromatic carbocycles. The molecule has 0 bridgehead atoms. The average molecular weight is 282 g/mol. The molecule has 0 radical (unpaired) electrons. The maximum absolute atomic E-state index is 13.9. The minimum Gasteiger partial charge on any atom is -0.349 e. The predicted octanol–water partition coefficient (Wildman–Crippen LogP) is 2.52. The Labute approximate surface area is 117 Å². The Balaban J connectivity index is 2.18. The Hall–Kier alpha value is -1.49. The van der Waals surface area contributed by atoms with Crippen LogP contribution in [0.25, 0.3) is 0 Å². The summed E-state index contributed by atoms with van der Waals surface area (Å²) in [4.78, 5) is 12.1. The SMILES string of the molecule is Cc1ccc(F)c(C(=O)NC2CCCCC2CN)c1F. The minimum atomic E-state index is -0.828. The molecule has 0 saturated heterocycles. The fourth-order valence-electron chi connectivity index (χ4n) is 2.79. The predicted molar refractivity (Wildman–Crippen MR) is 73.4 cm³/mol. The lowest BCUT2D eigenvalue weighted by Crippen LogP contribution is -2.45. The first-order valence-corrected chi connectivity index (χ1v) is 7.00. The molecule has 1 fully saturated rings. The van der Waals surface area contributed by atoms with Crippen LogP contribution in [0.2, 0.25) is 0 Å². The molecule has 20 heavy (non-hydrogen) atoms. The van der Waals surface area contributed by atoms with Gasteiger partial charge in [0.05, 0.1) is 0 Å². The van der Waals surface area contributed by atoms with E-state index in [-0.39, 0.29) is 17.5 Å². The molecule has 0 aromatic heterocycles. The second-order valence-electron chi connectivity index (χ2n) is 5.41. The molecule has 2 atom stereocenters.